The molecule has 7 nitrogen and oxygen atoms in total. The first-order valence-corrected chi connectivity index (χ1v) is 9.30. The lowest BCUT2D eigenvalue weighted by atomic mass is 10.2. The number of benzene rings is 2. The van der Waals surface area contributed by atoms with E-state index in [9.17, 15) is 9.59 Å². The largest absolute Gasteiger partial charge is 0.365 e. The minimum atomic E-state index is -0.224. The quantitative estimate of drug-likeness (QED) is 0.492. The van der Waals surface area contributed by atoms with E-state index >= 15 is 0 Å². The number of carbonyl (C=O) groups is 2. The molecule has 1 amide bonds. The number of nitrogens with zero attached hydrogens (tertiary/aromatic N) is 2. The highest BCUT2D eigenvalue weighted by Gasteiger charge is 2.12. The Labute approximate surface area is 173 Å². The fourth-order valence-corrected chi connectivity index (χ4v) is 2.80. The summed E-state index contributed by atoms with van der Waals surface area (Å²) in [5.41, 5.74) is 2.59. The van der Waals surface area contributed by atoms with Crippen LogP contribution in [0.1, 0.15) is 29.8 Å². The summed E-state index contributed by atoms with van der Waals surface area (Å²) in [6.07, 6.45) is 1.48. The second kappa shape index (κ2) is 9.16. The standard InChI is InChI=1S/C21H20ClN5O2/c1-13(28)17-12-24-21(27-20(17)23-11-15-6-4-3-5-7-15)26-16-8-9-18(22)19(10-16)25-14(2)29/h3-10,12H,11H2,1-2H3,(H,25,29)(H2,23,24,26,27). The van der Waals surface area contributed by atoms with E-state index in [4.69, 9.17) is 11.6 Å². The van der Waals surface area contributed by atoms with Gasteiger partial charge >= 0.3 is 0 Å². The second-order valence-electron chi connectivity index (χ2n) is 6.35. The normalized spacial score (nSPS) is 10.3. The molecule has 1 heterocycles. The zero-order chi connectivity index (χ0) is 20.8. The first-order chi connectivity index (χ1) is 13.9. The highest BCUT2D eigenvalue weighted by Crippen LogP contribution is 2.27. The maximum absolute atomic E-state index is 11.9. The molecule has 0 spiro atoms. The average Bonchev–Trinajstić information content (AvgIpc) is 2.69. The molecule has 0 bridgehead atoms. The Kier molecular flexibility index (Phi) is 6.41. The lowest BCUT2D eigenvalue weighted by Gasteiger charge is -2.13. The summed E-state index contributed by atoms with van der Waals surface area (Å²) in [5.74, 6) is 0.390. The monoisotopic (exact) mass is 409 g/mol. The Morgan fingerprint density at radius 3 is 2.52 bits per heavy atom. The number of amides is 1. The van der Waals surface area contributed by atoms with Gasteiger partial charge in [-0.15, -0.1) is 0 Å². The van der Waals surface area contributed by atoms with Crippen LogP contribution in [0, 0.1) is 0 Å². The van der Waals surface area contributed by atoms with Crippen molar-refractivity contribution in [3.63, 3.8) is 0 Å². The summed E-state index contributed by atoms with van der Waals surface area (Å²) in [7, 11) is 0. The zero-order valence-corrected chi connectivity index (χ0v) is 16.7. The van der Waals surface area contributed by atoms with Gasteiger partial charge in [0.25, 0.3) is 0 Å². The van der Waals surface area contributed by atoms with Gasteiger partial charge in [-0.25, -0.2) is 4.98 Å². The van der Waals surface area contributed by atoms with E-state index in [0.717, 1.165) is 5.56 Å². The Morgan fingerprint density at radius 1 is 1.07 bits per heavy atom. The van der Waals surface area contributed by atoms with Gasteiger partial charge in [0.15, 0.2) is 5.78 Å². The SMILES string of the molecule is CC(=O)Nc1cc(Nc2ncc(C(C)=O)c(NCc3ccccc3)n2)ccc1Cl. The number of halogens is 1. The molecule has 0 unspecified atom stereocenters. The third-order valence-corrected chi connectivity index (χ3v) is 4.33. The van der Waals surface area contributed by atoms with Crippen LogP contribution < -0.4 is 16.0 Å². The van der Waals surface area contributed by atoms with Crippen molar-refractivity contribution >= 4 is 46.4 Å². The number of aromatic nitrogens is 2. The van der Waals surface area contributed by atoms with E-state index in [1.807, 2.05) is 30.3 Å². The second-order valence-corrected chi connectivity index (χ2v) is 6.76. The minimum absolute atomic E-state index is 0.133. The third-order valence-electron chi connectivity index (χ3n) is 4.00. The van der Waals surface area contributed by atoms with E-state index in [2.05, 4.69) is 25.9 Å². The average molecular weight is 410 g/mol. The molecule has 0 aliphatic rings. The molecule has 3 rings (SSSR count). The molecule has 29 heavy (non-hydrogen) atoms. The Balaban J connectivity index is 1.83. The van der Waals surface area contributed by atoms with Crippen LogP contribution in [0.5, 0.6) is 0 Å². The molecule has 0 aliphatic carbocycles. The summed E-state index contributed by atoms with van der Waals surface area (Å²) in [5, 5.41) is 9.34. The molecule has 148 valence electrons. The topological polar surface area (TPSA) is 96.0 Å². The number of ketones is 1. The molecule has 0 radical (unpaired) electrons. The first-order valence-electron chi connectivity index (χ1n) is 8.92. The molecule has 0 atom stereocenters. The van der Waals surface area contributed by atoms with Crippen molar-refractivity contribution in [2.45, 2.75) is 20.4 Å². The molecule has 0 saturated carbocycles. The molecular formula is C21H20ClN5O2. The summed E-state index contributed by atoms with van der Waals surface area (Å²) >= 11 is 6.10. The molecule has 3 aromatic rings. The van der Waals surface area contributed by atoms with Crippen LogP contribution in [-0.4, -0.2) is 21.7 Å². The fourth-order valence-electron chi connectivity index (χ4n) is 2.63. The molecule has 2 aromatic carbocycles. The van der Waals surface area contributed by atoms with E-state index in [1.165, 1.54) is 20.0 Å². The van der Waals surface area contributed by atoms with E-state index in [0.29, 0.717) is 40.3 Å². The van der Waals surface area contributed by atoms with E-state index < -0.39 is 0 Å². The van der Waals surface area contributed by atoms with Gasteiger partial charge in [-0.2, -0.15) is 4.98 Å². The highest BCUT2D eigenvalue weighted by atomic mass is 35.5. The summed E-state index contributed by atoms with van der Waals surface area (Å²) < 4.78 is 0. The van der Waals surface area contributed by atoms with Gasteiger partial charge in [0.1, 0.15) is 5.82 Å². The minimum Gasteiger partial charge on any atom is -0.365 e. The predicted molar refractivity (Wildman–Crippen MR) is 115 cm³/mol. The predicted octanol–water partition coefficient (Wildman–Crippen LogP) is 4.65. The van der Waals surface area contributed by atoms with E-state index in [1.54, 1.807) is 18.2 Å². The lowest BCUT2D eigenvalue weighted by Crippen LogP contribution is -2.10. The Morgan fingerprint density at radius 2 is 1.83 bits per heavy atom. The van der Waals surface area contributed by atoms with E-state index in [-0.39, 0.29) is 11.7 Å². The number of Topliss-reactive ketones (excluding diaryl/α,β-unsaturated/α-hetero) is 1. The van der Waals surface area contributed by atoms with Crippen molar-refractivity contribution < 1.29 is 9.59 Å². The summed E-state index contributed by atoms with van der Waals surface area (Å²) in [6.45, 7) is 3.40. The molecule has 0 aliphatic heterocycles. The molecule has 8 heteroatoms. The zero-order valence-electron chi connectivity index (χ0n) is 16.0. The number of hydrogen-bond donors (Lipinski definition) is 3. The molecule has 1 aromatic heterocycles. The number of carbonyl (C=O) groups excluding carboxylic acids is 2. The van der Waals surface area contributed by atoms with Crippen molar-refractivity contribution in [2.75, 3.05) is 16.0 Å². The van der Waals surface area contributed by atoms with Gasteiger partial charge in [-0.1, -0.05) is 41.9 Å². The lowest BCUT2D eigenvalue weighted by molar-refractivity contribution is -0.114. The molecule has 0 saturated heterocycles. The van der Waals surface area contributed by atoms with Crippen LogP contribution in [0.2, 0.25) is 5.02 Å². The smallest absolute Gasteiger partial charge is 0.229 e. The van der Waals surface area contributed by atoms with Crippen LogP contribution in [0.4, 0.5) is 23.1 Å². The Bertz CT molecular complexity index is 1040. The van der Waals surface area contributed by atoms with Crippen LogP contribution in [0.25, 0.3) is 0 Å². The maximum atomic E-state index is 11.9. The molecular weight excluding hydrogens is 390 g/mol. The van der Waals surface area contributed by atoms with Crippen molar-refractivity contribution in [1.82, 2.24) is 9.97 Å². The molecule has 0 fully saturated rings. The van der Waals surface area contributed by atoms with Crippen LogP contribution >= 0.6 is 11.6 Å². The fraction of sp³-hybridized carbons (Fsp3) is 0.143. The van der Waals surface area contributed by atoms with Gasteiger partial charge in [0.05, 0.1) is 16.3 Å². The third kappa shape index (κ3) is 5.52. The van der Waals surface area contributed by atoms with Gasteiger partial charge < -0.3 is 16.0 Å². The maximum Gasteiger partial charge on any atom is 0.229 e. The van der Waals surface area contributed by atoms with Crippen LogP contribution in [0.15, 0.2) is 54.7 Å². The number of nitrogens with one attached hydrogen (secondary N) is 3. The van der Waals surface area contributed by atoms with Crippen molar-refractivity contribution in [1.29, 1.82) is 0 Å². The van der Waals surface area contributed by atoms with Gasteiger partial charge in [0.2, 0.25) is 11.9 Å². The number of anilines is 4. The van der Waals surface area contributed by atoms with Gasteiger partial charge in [0, 0.05) is 25.4 Å². The van der Waals surface area contributed by atoms with Crippen molar-refractivity contribution in [2.24, 2.45) is 0 Å². The Hall–Kier alpha value is -3.45. The number of rotatable bonds is 7. The van der Waals surface area contributed by atoms with Crippen molar-refractivity contribution in [3.05, 3.63) is 70.9 Å². The van der Waals surface area contributed by atoms with Crippen LogP contribution in [-0.2, 0) is 11.3 Å². The summed E-state index contributed by atoms with van der Waals surface area (Å²) in [4.78, 5) is 31.9. The van der Waals surface area contributed by atoms with Gasteiger partial charge in [-0.3, -0.25) is 9.59 Å². The van der Waals surface area contributed by atoms with Crippen molar-refractivity contribution in [3.8, 4) is 0 Å². The molecule has 3 N–H and O–H groups in total. The number of hydrogen-bond acceptors (Lipinski definition) is 6. The highest BCUT2D eigenvalue weighted by molar-refractivity contribution is 6.33. The van der Waals surface area contributed by atoms with Gasteiger partial charge in [-0.05, 0) is 30.7 Å². The summed E-state index contributed by atoms with van der Waals surface area (Å²) in [6, 6.07) is 14.9. The van der Waals surface area contributed by atoms with Crippen LogP contribution in [0.3, 0.4) is 0 Å². The first kappa shape index (κ1) is 20.3.